The van der Waals surface area contributed by atoms with Crippen molar-refractivity contribution in [3.05, 3.63) is 59.2 Å². The maximum Gasteiger partial charge on any atom is 0.408 e. The molecule has 2 atom stereocenters. The Labute approximate surface area is 231 Å². The highest BCUT2D eigenvalue weighted by molar-refractivity contribution is 5.99. The van der Waals surface area contributed by atoms with E-state index in [4.69, 9.17) is 9.47 Å². The lowest BCUT2D eigenvalue weighted by molar-refractivity contribution is -0.141. The molecule has 0 saturated carbocycles. The van der Waals surface area contributed by atoms with Crippen LogP contribution in [0.3, 0.4) is 0 Å². The number of aryl methyl sites for hydroxylation is 2. The second-order valence-electron chi connectivity index (χ2n) is 11.0. The number of nitrogens with zero attached hydrogens (tertiary/aromatic N) is 1. The summed E-state index contributed by atoms with van der Waals surface area (Å²) in [6.07, 6.45) is -0.406. The standard InChI is InChI=1S/C30H43N3O6/c1-19(2)18-24(32-29(37)39-30(5,6)7)28(36)33(16-17-34)26(25-20(3)10-9-11-21(25)4)27(35)31-22-12-14-23(38-8)15-13-22/h9-15,19,24,26,34H,16-18H2,1-8H3,(H,31,35)(H,32,37). The van der Waals surface area contributed by atoms with Gasteiger partial charge in [-0.3, -0.25) is 9.59 Å². The molecule has 9 nitrogen and oxygen atoms in total. The number of alkyl carbamates (subject to hydrolysis) is 1. The van der Waals surface area contributed by atoms with E-state index in [0.717, 1.165) is 11.1 Å². The lowest BCUT2D eigenvalue weighted by Crippen LogP contribution is -2.53. The van der Waals surface area contributed by atoms with Crippen molar-refractivity contribution in [2.24, 2.45) is 5.92 Å². The second kappa shape index (κ2) is 14.0. The normalized spacial score (nSPS) is 12.9. The number of carbonyl (C=O) groups excluding carboxylic acids is 3. The van der Waals surface area contributed by atoms with Gasteiger partial charge in [-0.2, -0.15) is 0 Å². The molecule has 2 unspecified atom stereocenters. The molecule has 0 saturated heterocycles. The largest absolute Gasteiger partial charge is 0.497 e. The van der Waals surface area contributed by atoms with Gasteiger partial charge in [0, 0.05) is 12.2 Å². The van der Waals surface area contributed by atoms with Gasteiger partial charge in [0.2, 0.25) is 5.91 Å². The average Bonchev–Trinajstić information content (AvgIpc) is 2.83. The minimum absolute atomic E-state index is 0.0524. The molecule has 0 radical (unpaired) electrons. The molecule has 214 valence electrons. The molecule has 3 amide bonds. The molecule has 0 aromatic heterocycles. The Morgan fingerprint density at radius 2 is 1.59 bits per heavy atom. The van der Waals surface area contributed by atoms with Crippen LogP contribution >= 0.6 is 0 Å². The molecule has 0 bridgehead atoms. The number of carbonyl (C=O) groups is 3. The molecule has 2 rings (SSSR count). The molecule has 2 aromatic carbocycles. The van der Waals surface area contributed by atoms with Gasteiger partial charge in [-0.05, 0) is 87.9 Å². The minimum atomic E-state index is -1.07. The van der Waals surface area contributed by atoms with Crippen molar-refractivity contribution in [1.29, 1.82) is 0 Å². The van der Waals surface area contributed by atoms with E-state index < -0.39 is 35.6 Å². The Kier molecular flexibility index (Phi) is 11.3. The Hall–Kier alpha value is -3.59. The van der Waals surface area contributed by atoms with E-state index in [0.29, 0.717) is 23.4 Å². The Balaban J connectivity index is 2.55. The van der Waals surface area contributed by atoms with Gasteiger partial charge in [0.05, 0.1) is 13.7 Å². The summed E-state index contributed by atoms with van der Waals surface area (Å²) in [5.74, 6) is -0.237. The molecule has 0 spiro atoms. The lowest BCUT2D eigenvalue weighted by atomic mass is 9.93. The molecule has 3 N–H and O–H groups in total. The van der Waals surface area contributed by atoms with Gasteiger partial charge in [0.15, 0.2) is 0 Å². The van der Waals surface area contributed by atoms with Crippen molar-refractivity contribution in [2.75, 3.05) is 25.6 Å². The summed E-state index contributed by atoms with van der Waals surface area (Å²) in [7, 11) is 1.56. The Morgan fingerprint density at radius 3 is 2.08 bits per heavy atom. The molecule has 0 aliphatic heterocycles. The maximum absolute atomic E-state index is 14.1. The zero-order valence-corrected chi connectivity index (χ0v) is 24.3. The maximum atomic E-state index is 14.1. The first-order valence-corrected chi connectivity index (χ1v) is 13.2. The number of hydrogen-bond acceptors (Lipinski definition) is 6. The second-order valence-corrected chi connectivity index (χ2v) is 11.0. The van der Waals surface area contributed by atoms with Crippen LogP contribution in [0.25, 0.3) is 0 Å². The first-order valence-electron chi connectivity index (χ1n) is 13.2. The SMILES string of the molecule is COc1ccc(NC(=O)C(c2c(C)cccc2C)N(CCO)C(=O)C(CC(C)C)NC(=O)OC(C)(C)C)cc1. The van der Waals surface area contributed by atoms with E-state index in [1.165, 1.54) is 4.90 Å². The third-order valence-corrected chi connectivity index (χ3v) is 6.05. The van der Waals surface area contributed by atoms with Crippen molar-refractivity contribution in [1.82, 2.24) is 10.2 Å². The Morgan fingerprint density at radius 1 is 1.00 bits per heavy atom. The van der Waals surface area contributed by atoms with Crippen LogP contribution in [0.4, 0.5) is 10.5 Å². The molecular weight excluding hydrogens is 498 g/mol. The lowest BCUT2D eigenvalue weighted by Gasteiger charge is -2.35. The van der Waals surface area contributed by atoms with Gasteiger partial charge in [-0.1, -0.05) is 32.0 Å². The first kappa shape index (κ1) is 31.6. The van der Waals surface area contributed by atoms with E-state index in [9.17, 15) is 19.5 Å². The summed E-state index contributed by atoms with van der Waals surface area (Å²) in [6.45, 7) is 12.4. The van der Waals surface area contributed by atoms with Gasteiger partial charge < -0.3 is 30.1 Å². The smallest absolute Gasteiger partial charge is 0.408 e. The third kappa shape index (κ3) is 9.28. The Bertz CT molecular complexity index is 1100. The zero-order chi connectivity index (χ0) is 29.3. The average molecular weight is 542 g/mol. The van der Waals surface area contributed by atoms with Crippen molar-refractivity contribution in [3.8, 4) is 5.75 Å². The summed E-state index contributed by atoms with van der Waals surface area (Å²) in [5.41, 5.74) is 2.08. The number of methoxy groups -OCH3 is 1. The number of anilines is 1. The molecular formula is C30H43N3O6. The first-order chi connectivity index (χ1) is 18.3. The van der Waals surface area contributed by atoms with Crippen molar-refractivity contribution in [3.63, 3.8) is 0 Å². The predicted molar refractivity (Wildman–Crippen MR) is 152 cm³/mol. The van der Waals surface area contributed by atoms with Gasteiger partial charge >= 0.3 is 6.09 Å². The fourth-order valence-electron chi connectivity index (χ4n) is 4.39. The van der Waals surface area contributed by atoms with Gasteiger partial charge in [-0.15, -0.1) is 0 Å². The zero-order valence-electron chi connectivity index (χ0n) is 24.3. The highest BCUT2D eigenvalue weighted by Gasteiger charge is 2.37. The van der Waals surface area contributed by atoms with Crippen LogP contribution in [0.1, 0.15) is 63.8 Å². The van der Waals surface area contributed by atoms with E-state index >= 15 is 0 Å². The number of hydrogen-bond donors (Lipinski definition) is 3. The van der Waals surface area contributed by atoms with E-state index in [-0.39, 0.29) is 19.1 Å². The van der Waals surface area contributed by atoms with Crippen molar-refractivity contribution in [2.45, 2.75) is 72.6 Å². The molecule has 9 heteroatoms. The van der Waals surface area contributed by atoms with E-state index in [2.05, 4.69) is 10.6 Å². The van der Waals surface area contributed by atoms with Crippen LogP contribution in [0.5, 0.6) is 5.75 Å². The molecule has 0 aliphatic rings. The number of amides is 3. The summed E-state index contributed by atoms with van der Waals surface area (Å²) in [4.78, 5) is 42.0. The highest BCUT2D eigenvalue weighted by Crippen LogP contribution is 2.30. The monoisotopic (exact) mass is 541 g/mol. The third-order valence-electron chi connectivity index (χ3n) is 6.05. The number of rotatable bonds is 11. The van der Waals surface area contributed by atoms with Crippen LogP contribution < -0.4 is 15.4 Å². The molecule has 39 heavy (non-hydrogen) atoms. The van der Waals surface area contributed by atoms with Crippen molar-refractivity contribution >= 4 is 23.6 Å². The van der Waals surface area contributed by atoms with Crippen LogP contribution in [0.2, 0.25) is 0 Å². The van der Waals surface area contributed by atoms with E-state index in [1.807, 2.05) is 45.9 Å². The molecule has 0 aliphatic carbocycles. The quantitative estimate of drug-likeness (QED) is 0.378. The number of aliphatic hydroxyl groups excluding tert-OH is 1. The van der Waals surface area contributed by atoms with Crippen LogP contribution in [-0.2, 0) is 14.3 Å². The number of nitrogens with one attached hydrogen (secondary N) is 2. The molecule has 2 aromatic rings. The molecule has 0 heterocycles. The minimum Gasteiger partial charge on any atom is -0.497 e. The number of benzene rings is 2. The summed E-state index contributed by atoms with van der Waals surface area (Å²) >= 11 is 0. The topological polar surface area (TPSA) is 117 Å². The van der Waals surface area contributed by atoms with Gasteiger partial charge in [-0.25, -0.2) is 4.79 Å². The van der Waals surface area contributed by atoms with E-state index in [1.54, 1.807) is 52.1 Å². The fourth-order valence-corrected chi connectivity index (χ4v) is 4.39. The summed E-state index contributed by atoms with van der Waals surface area (Å²) in [5, 5.41) is 15.6. The highest BCUT2D eigenvalue weighted by atomic mass is 16.6. The van der Waals surface area contributed by atoms with Crippen molar-refractivity contribution < 1.29 is 29.0 Å². The van der Waals surface area contributed by atoms with Crippen LogP contribution in [0, 0.1) is 19.8 Å². The summed E-state index contributed by atoms with van der Waals surface area (Å²) in [6, 6.07) is 10.5. The van der Waals surface area contributed by atoms with Gasteiger partial charge in [0.1, 0.15) is 23.4 Å². The van der Waals surface area contributed by atoms with Crippen LogP contribution in [0.15, 0.2) is 42.5 Å². The fraction of sp³-hybridized carbons (Fsp3) is 0.500. The number of aliphatic hydroxyl groups is 1. The molecule has 0 fully saturated rings. The predicted octanol–water partition coefficient (Wildman–Crippen LogP) is 4.75. The van der Waals surface area contributed by atoms with Gasteiger partial charge in [0.25, 0.3) is 5.91 Å². The summed E-state index contributed by atoms with van der Waals surface area (Å²) < 4.78 is 10.6. The van der Waals surface area contributed by atoms with Crippen LogP contribution in [-0.4, -0.2) is 59.8 Å². The number of ether oxygens (including phenoxy) is 2.